The molecule has 7 nitrogen and oxygen atoms in total. The third-order valence-corrected chi connectivity index (χ3v) is 6.36. The Kier molecular flexibility index (Phi) is 6.05. The minimum atomic E-state index is -1.30. The molecule has 154 valence electrons. The van der Waals surface area contributed by atoms with Crippen molar-refractivity contribution < 1.29 is 19.7 Å². The zero-order valence-corrected chi connectivity index (χ0v) is 16.9. The largest absolute Gasteiger partial charge is 0.388 e. The van der Waals surface area contributed by atoms with Gasteiger partial charge in [0.2, 0.25) is 0 Å². The number of fused-ring (bicyclic) bond motifs is 2. The quantitative estimate of drug-likeness (QED) is 0.582. The van der Waals surface area contributed by atoms with Gasteiger partial charge in [0.25, 0.3) is 5.91 Å². The molecule has 5 unspecified atom stereocenters. The lowest BCUT2D eigenvalue weighted by Gasteiger charge is -2.38. The molecule has 4 rings (SSSR count). The molecule has 2 fully saturated rings. The molecule has 29 heavy (non-hydrogen) atoms. The zero-order chi connectivity index (χ0) is 20.4. The van der Waals surface area contributed by atoms with Crippen molar-refractivity contribution in [1.29, 1.82) is 0 Å². The number of hydrogen-bond donors (Lipinski definition) is 4. The first kappa shape index (κ1) is 20.2. The maximum atomic E-state index is 12.6. The average molecular weight is 416 g/mol. The van der Waals surface area contributed by atoms with Crippen LogP contribution in [0, 0.1) is 0 Å². The van der Waals surface area contributed by atoms with Crippen LogP contribution in [0.2, 0.25) is 0 Å². The second-order valence-corrected chi connectivity index (χ2v) is 8.24. The van der Waals surface area contributed by atoms with Gasteiger partial charge in [-0.05, 0) is 29.7 Å². The number of carbonyl (C=O) groups excluding carboxylic acids is 1. The van der Waals surface area contributed by atoms with Crippen molar-refractivity contribution in [2.75, 3.05) is 13.1 Å². The number of amidine groups is 1. The highest BCUT2D eigenvalue weighted by Crippen LogP contribution is 2.34. The second-order valence-electron chi connectivity index (χ2n) is 7.15. The van der Waals surface area contributed by atoms with Crippen LogP contribution in [0.1, 0.15) is 12.5 Å². The second kappa shape index (κ2) is 8.71. The number of aliphatic hydroxyl groups excluding tert-OH is 2. The van der Waals surface area contributed by atoms with Crippen LogP contribution in [-0.4, -0.2) is 64.2 Å². The third-order valence-electron chi connectivity index (χ3n) is 5.25. The molecule has 2 aliphatic rings. The molecule has 0 aromatic heterocycles. The van der Waals surface area contributed by atoms with Gasteiger partial charge in [0.1, 0.15) is 17.6 Å². The summed E-state index contributed by atoms with van der Waals surface area (Å²) in [5, 5.41) is 29.7. The summed E-state index contributed by atoms with van der Waals surface area (Å²) in [6.45, 7) is 2.93. The molecule has 2 aromatic carbocycles. The molecule has 4 N–H and O–H groups in total. The summed E-state index contributed by atoms with van der Waals surface area (Å²) < 4.78 is 5.80. The lowest BCUT2D eigenvalue weighted by atomic mass is 9.97. The van der Waals surface area contributed by atoms with Crippen molar-refractivity contribution in [3.05, 3.63) is 48.0 Å². The molecule has 2 saturated heterocycles. The van der Waals surface area contributed by atoms with E-state index >= 15 is 0 Å². The SMILES string of the molecule is CCN=C1NC2C(OC(C(=O)NCCc3cccc4ccccc34)C(O)C2O)S1. The molecule has 8 heteroatoms. The number of rotatable bonds is 5. The van der Waals surface area contributed by atoms with Crippen molar-refractivity contribution in [3.63, 3.8) is 0 Å². The monoisotopic (exact) mass is 415 g/mol. The number of aliphatic imine (C=N–C) groups is 1. The highest BCUT2D eigenvalue weighted by molar-refractivity contribution is 8.14. The lowest BCUT2D eigenvalue weighted by molar-refractivity contribution is -0.172. The number of amides is 1. The molecule has 2 heterocycles. The summed E-state index contributed by atoms with van der Waals surface area (Å²) in [5.41, 5.74) is 0.678. The smallest absolute Gasteiger partial charge is 0.252 e. The Morgan fingerprint density at radius 2 is 2.00 bits per heavy atom. The summed E-state index contributed by atoms with van der Waals surface area (Å²) in [4.78, 5) is 16.9. The van der Waals surface area contributed by atoms with E-state index in [1.165, 1.54) is 11.8 Å². The Labute approximate surface area is 173 Å². The van der Waals surface area contributed by atoms with Crippen molar-refractivity contribution >= 4 is 33.6 Å². The van der Waals surface area contributed by atoms with E-state index in [9.17, 15) is 15.0 Å². The summed E-state index contributed by atoms with van der Waals surface area (Å²) >= 11 is 1.33. The van der Waals surface area contributed by atoms with E-state index in [4.69, 9.17) is 4.74 Å². The van der Waals surface area contributed by atoms with Gasteiger partial charge in [-0.15, -0.1) is 0 Å². The first-order chi connectivity index (χ1) is 14.1. The molecule has 0 aliphatic carbocycles. The maximum Gasteiger partial charge on any atom is 0.252 e. The molecular weight excluding hydrogens is 390 g/mol. The molecule has 1 amide bonds. The number of hydrogen-bond acceptors (Lipinski definition) is 6. The highest BCUT2D eigenvalue weighted by Gasteiger charge is 2.51. The Hall–Kier alpha value is -2.13. The van der Waals surface area contributed by atoms with Crippen LogP contribution in [0.25, 0.3) is 10.8 Å². The molecule has 0 bridgehead atoms. The van der Waals surface area contributed by atoms with E-state index in [-0.39, 0.29) is 0 Å². The lowest BCUT2D eigenvalue weighted by Crippen LogP contribution is -2.62. The minimum absolute atomic E-state index is 0.414. The topological polar surface area (TPSA) is 103 Å². The van der Waals surface area contributed by atoms with E-state index in [2.05, 4.69) is 33.8 Å². The van der Waals surface area contributed by atoms with Crippen LogP contribution in [0.4, 0.5) is 0 Å². The van der Waals surface area contributed by atoms with Crippen LogP contribution in [0.15, 0.2) is 47.5 Å². The molecule has 0 saturated carbocycles. The van der Waals surface area contributed by atoms with Gasteiger partial charge >= 0.3 is 0 Å². The molecule has 0 spiro atoms. The first-order valence-electron chi connectivity index (χ1n) is 9.82. The van der Waals surface area contributed by atoms with Gasteiger partial charge in [0.05, 0.1) is 6.04 Å². The van der Waals surface area contributed by atoms with Crippen LogP contribution in [-0.2, 0) is 16.0 Å². The van der Waals surface area contributed by atoms with Crippen LogP contribution >= 0.6 is 11.8 Å². The van der Waals surface area contributed by atoms with E-state index in [0.717, 1.165) is 16.3 Å². The number of nitrogens with zero attached hydrogens (tertiary/aromatic N) is 1. The van der Waals surface area contributed by atoms with E-state index in [1.54, 1.807) is 0 Å². The van der Waals surface area contributed by atoms with Gasteiger partial charge in [-0.3, -0.25) is 9.79 Å². The number of carbonyl (C=O) groups is 1. The Morgan fingerprint density at radius 1 is 1.21 bits per heavy atom. The predicted octanol–water partition coefficient (Wildman–Crippen LogP) is 1.03. The van der Waals surface area contributed by atoms with Gasteiger partial charge in [-0.2, -0.15) is 0 Å². The molecule has 0 radical (unpaired) electrons. The zero-order valence-electron chi connectivity index (χ0n) is 16.1. The van der Waals surface area contributed by atoms with Crippen molar-refractivity contribution in [2.24, 2.45) is 4.99 Å². The fourth-order valence-electron chi connectivity index (χ4n) is 3.78. The standard InChI is InChI=1S/C21H25N3O4S/c1-2-22-21-24-15-16(25)17(26)18(28-20(15)29-21)19(27)23-11-10-13-8-5-7-12-6-3-4-9-14(12)13/h3-9,15-18,20,25-26H,2,10-11H2,1H3,(H,22,24)(H,23,27). The molecule has 2 aliphatic heterocycles. The van der Waals surface area contributed by atoms with E-state index in [0.29, 0.717) is 24.7 Å². The van der Waals surface area contributed by atoms with Crippen molar-refractivity contribution in [3.8, 4) is 0 Å². The summed E-state index contributed by atoms with van der Waals surface area (Å²) in [6.07, 6.45) is -2.87. The summed E-state index contributed by atoms with van der Waals surface area (Å²) in [7, 11) is 0. The first-order valence-corrected chi connectivity index (χ1v) is 10.7. The van der Waals surface area contributed by atoms with Gasteiger partial charge in [0, 0.05) is 13.1 Å². The van der Waals surface area contributed by atoms with Crippen LogP contribution in [0.5, 0.6) is 0 Å². The highest BCUT2D eigenvalue weighted by atomic mass is 32.2. The number of nitrogens with one attached hydrogen (secondary N) is 2. The van der Waals surface area contributed by atoms with Gasteiger partial charge < -0.3 is 25.6 Å². The van der Waals surface area contributed by atoms with Crippen LogP contribution < -0.4 is 10.6 Å². The number of benzene rings is 2. The van der Waals surface area contributed by atoms with E-state index < -0.39 is 35.7 Å². The number of ether oxygens (including phenoxy) is 1. The van der Waals surface area contributed by atoms with Gasteiger partial charge in [0.15, 0.2) is 11.3 Å². The van der Waals surface area contributed by atoms with E-state index in [1.807, 2.05) is 31.2 Å². The van der Waals surface area contributed by atoms with Gasteiger partial charge in [-0.1, -0.05) is 54.2 Å². The number of thioether (sulfide) groups is 1. The van der Waals surface area contributed by atoms with Crippen molar-refractivity contribution in [2.45, 2.75) is 43.1 Å². The average Bonchev–Trinajstić information content (AvgIpc) is 3.14. The Balaban J connectivity index is 1.38. The molecular formula is C21H25N3O4S. The van der Waals surface area contributed by atoms with Gasteiger partial charge in [-0.25, -0.2) is 0 Å². The predicted molar refractivity (Wildman–Crippen MR) is 114 cm³/mol. The molecule has 2 aromatic rings. The minimum Gasteiger partial charge on any atom is -0.388 e. The fourth-order valence-corrected chi connectivity index (χ4v) is 4.96. The Bertz CT molecular complexity index is 916. The Morgan fingerprint density at radius 3 is 2.83 bits per heavy atom. The van der Waals surface area contributed by atoms with Crippen LogP contribution in [0.3, 0.4) is 0 Å². The molecule has 5 atom stereocenters. The fraction of sp³-hybridized carbons (Fsp3) is 0.429. The maximum absolute atomic E-state index is 12.6. The number of aliphatic hydroxyl groups is 2. The van der Waals surface area contributed by atoms with Crippen molar-refractivity contribution in [1.82, 2.24) is 10.6 Å². The normalized spacial score (nSPS) is 30.2. The summed E-state index contributed by atoms with van der Waals surface area (Å²) in [6, 6.07) is 13.7. The third kappa shape index (κ3) is 4.11. The summed E-state index contributed by atoms with van der Waals surface area (Å²) in [5.74, 6) is -0.420.